The third-order valence-electron chi connectivity index (χ3n) is 11.0. The molecule has 0 bridgehead atoms. The van der Waals surface area contributed by atoms with Gasteiger partial charge in [0.1, 0.15) is 57.1 Å². The van der Waals surface area contributed by atoms with Gasteiger partial charge in [0, 0.05) is 30.0 Å². The summed E-state index contributed by atoms with van der Waals surface area (Å²) in [4.78, 5) is 28.5. The predicted octanol–water partition coefficient (Wildman–Crippen LogP) is 13.4. The van der Waals surface area contributed by atoms with Crippen molar-refractivity contribution in [1.29, 1.82) is 0 Å². The first-order chi connectivity index (χ1) is 34.0. The smallest absolute Gasteiger partial charge is 0.497 e. The van der Waals surface area contributed by atoms with E-state index < -0.39 is 55.6 Å². The van der Waals surface area contributed by atoms with Crippen molar-refractivity contribution in [3.8, 4) is 28.7 Å². The summed E-state index contributed by atoms with van der Waals surface area (Å²) in [6, 6.07) is 40.2. The zero-order valence-electron chi connectivity index (χ0n) is 37.5. The van der Waals surface area contributed by atoms with Gasteiger partial charge in [0.05, 0.1) is 35.9 Å². The van der Waals surface area contributed by atoms with Gasteiger partial charge in [-0.1, -0.05) is 149 Å². The van der Waals surface area contributed by atoms with Crippen molar-refractivity contribution in [1.82, 2.24) is 9.55 Å². The second kappa shape index (κ2) is 22.5. The number of ether oxygens (including phenoxy) is 4. The average Bonchev–Trinajstić information content (AvgIpc) is 3.77. The molecule has 2 heterocycles. The number of aromatic nitrogens is 2. The largest absolute Gasteiger partial charge is 0.595 e. The molecule has 1 aliphatic rings. The van der Waals surface area contributed by atoms with Gasteiger partial charge in [-0.2, -0.15) is 4.31 Å². The number of para-hydroxylation sites is 2. The molecule has 0 saturated carbocycles. The summed E-state index contributed by atoms with van der Waals surface area (Å²) in [6.45, 7) is -3.53. The van der Waals surface area contributed by atoms with Gasteiger partial charge in [-0.3, -0.25) is 18.9 Å². The molecule has 1 aromatic heterocycles. The number of methoxy groups -OCH3 is 2. The first-order valence-electron chi connectivity index (χ1n) is 21.3. The van der Waals surface area contributed by atoms with Gasteiger partial charge in [0.15, 0.2) is 5.75 Å². The molecule has 7 aromatic rings. The third kappa shape index (κ3) is 11.7. The SMILES string of the molecule is COc1ccc(C(OC[C@H]2O[C@@H](n3cc(C)c(=O)[nH]c3=O)C[C@@H]2OP(=S)(Oc2c(Cl)c(Cl)c(Cl)c(Cl)c2Cl)OP(=O)(Oc2ccccc2)Oc2ccccc2)(c2ccccc2)c2ccc(OC)cc2)cc1. The van der Waals surface area contributed by atoms with Gasteiger partial charge < -0.3 is 32.5 Å². The predicted molar refractivity (Wildman–Crippen MR) is 277 cm³/mol. The summed E-state index contributed by atoms with van der Waals surface area (Å²) >= 11 is 39.1. The van der Waals surface area contributed by atoms with E-state index in [2.05, 4.69) is 4.98 Å². The molecule has 22 heteroatoms. The van der Waals surface area contributed by atoms with Crippen LogP contribution in [-0.4, -0.2) is 42.6 Å². The zero-order chi connectivity index (χ0) is 50.5. The van der Waals surface area contributed by atoms with Crippen LogP contribution in [0.15, 0.2) is 155 Å². The fraction of sp³-hybridized carbons (Fsp3) is 0.184. The molecule has 370 valence electrons. The van der Waals surface area contributed by atoms with Gasteiger partial charge in [0.2, 0.25) is 0 Å². The van der Waals surface area contributed by atoms with Crippen LogP contribution in [0.2, 0.25) is 25.1 Å². The molecule has 1 unspecified atom stereocenters. The normalized spacial score (nSPS) is 16.8. The van der Waals surface area contributed by atoms with Crippen LogP contribution < -0.4 is 34.3 Å². The molecule has 0 spiro atoms. The molecule has 1 fully saturated rings. The van der Waals surface area contributed by atoms with Crippen molar-refractivity contribution >= 4 is 84.4 Å². The van der Waals surface area contributed by atoms with Crippen LogP contribution in [0, 0.1) is 6.92 Å². The molecule has 71 heavy (non-hydrogen) atoms. The lowest BCUT2D eigenvalue weighted by Crippen LogP contribution is -2.38. The molecule has 8 rings (SSSR count). The minimum atomic E-state index is -5.00. The Bertz CT molecular complexity index is 3090. The molecule has 1 N–H and O–H groups in total. The molecule has 0 aliphatic carbocycles. The van der Waals surface area contributed by atoms with Crippen LogP contribution in [0.5, 0.6) is 28.7 Å². The highest BCUT2D eigenvalue weighted by Gasteiger charge is 2.49. The van der Waals surface area contributed by atoms with Crippen molar-refractivity contribution < 1.29 is 45.9 Å². The summed E-state index contributed by atoms with van der Waals surface area (Å²) in [7, 11) is -1.87. The number of H-pyrrole nitrogens is 1. The lowest BCUT2D eigenvalue weighted by molar-refractivity contribution is -0.0922. The minimum absolute atomic E-state index is 0.0552. The number of nitrogens with one attached hydrogen (secondary N) is 1. The van der Waals surface area contributed by atoms with Crippen LogP contribution in [0.3, 0.4) is 0 Å². The number of aromatic amines is 1. The molecule has 1 saturated heterocycles. The number of phosphoric ester groups is 1. The van der Waals surface area contributed by atoms with Crippen molar-refractivity contribution in [2.45, 2.75) is 37.4 Å². The summed E-state index contributed by atoms with van der Waals surface area (Å²) in [5.74, 6) is 0.863. The monoisotopic (exact) mass is 1120 g/mol. The van der Waals surface area contributed by atoms with E-state index in [1.165, 1.54) is 42.0 Å². The van der Waals surface area contributed by atoms with Gasteiger partial charge >= 0.3 is 20.2 Å². The van der Waals surface area contributed by atoms with Crippen LogP contribution >= 0.6 is 72.5 Å². The Morgan fingerprint density at radius 1 is 0.662 bits per heavy atom. The van der Waals surface area contributed by atoms with Crippen molar-refractivity contribution in [2.24, 2.45) is 0 Å². The number of hydrogen-bond donors (Lipinski definition) is 1. The minimum Gasteiger partial charge on any atom is -0.497 e. The highest BCUT2D eigenvalue weighted by molar-refractivity contribution is 8.09. The van der Waals surface area contributed by atoms with Crippen molar-refractivity contribution in [3.63, 3.8) is 0 Å². The van der Waals surface area contributed by atoms with E-state index >= 15 is 4.57 Å². The van der Waals surface area contributed by atoms with E-state index in [1.54, 1.807) is 50.6 Å². The Hall–Kier alpha value is -4.83. The Morgan fingerprint density at radius 2 is 1.13 bits per heavy atom. The molecular weight excluding hydrogens is 1080 g/mol. The topological polar surface area (TPSA) is 155 Å². The van der Waals surface area contributed by atoms with E-state index in [0.717, 1.165) is 0 Å². The molecule has 1 aliphatic heterocycles. The van der Waals surface area contributed by atoms with E-state index in [1.807, 2.05) is 78.9 Å². The quantitative estimate of drug-likeness (QED) is 0.0354. The van der Waals surface area contributed by atoms with E-state index in [9.17, 15) is 9.59 Å². The lowest BCUT2D eigenvalue weighted by Gasteiger charge is -2.37. The van der Waals surface area contributed by atoms with Gasteiger partial charge in [0.25, 0.3) is 5.56 Å². The highest BCUT2D eigenvalue weighted by Crippen LogP contribution is 2.68. The molecule has 4 atom stereocenters. The fourth-order valence-corrected chi connectivity index (χ4v) is 13.5. The Labute approximate surface area is 437 Å². The fourth-order valence-electron chi connectivity index (χ4n) is 7.61. The maximum atomic E-state index is 15.2. The molecule has 0 radical (unpaired) electrons. The summed E-state index contributed by atoms with van der Waals surface area (Å²) < 4.78 is 72.9. The standard InChI is InChI=1S/C49H41Cl5N2O12P2S/c1-30-28-56(48(58)55-47(30)57)40-27-38(39(63-40)29-62-49(31-13-7-4-8-14-31,32-19-23-34(60-2)24-20-32)33-21-25-35(61-3)26-22-33)66-70(71,67-46-44(53)42(51)41(50)43(52)45(46)54)68-69(59,64-36-15-9-5-10-16-36)65-37-17-11-6-12-18-37/h4-26,28,38-40H,27,29H2,1-3H3,(H,55,57,58)/t38-,39+,40+,70?/m0/s1. The van der Waals surface area contributed by atoms with E-state index in [4.69, 9.17) is 111 Å². The molecule has 0 amide bonds. The van der Waals surface area contributed by atoms with Crippen molar-refractivity contribution in [2.75, 3.05) is 20.8 Å². The molecule has 6 aromatic carbocycles. The second-order valence-corrected chi connectivity index (χ2v) is 22.0. The van der Waals surface area contributed by atoms with Gasteiger partial charge in [-0.25, -0.2) is 9.36 Å². The number of aryl methyl sites for hydroxylation is 1. The van der Waals surface area contributed by atoms with Crippen molar-refractivity contribution in [3.05, 3.63) is 214 Å². The first-order valence-corrected chi connectivity index (χ1v) is 27.2. The van der Waals surface area contributed by atoms with E-state index in [-0.39, 0.29) is 55.2 Å². The van der Waals surface area contributed by atoms with Crippen LogP contribution in [0.4, 0.5) is 0 Å². The number of nitrogens with zero attached hydrogens (tertiary/aromatic N) is 1. The Balaban J connectivity index is 1.27. The Kier molecular flexibility index (Phi) is 16.6. The number of halogens is 5. The highest BCUT2D eigenvalue weighted by atomic mass is 35.5. The summed E-state index contributed by atoms with van der Waals surface area (Å²) in [6.07, 6.45) is -2.43. The average molecular weight is 1120 g/mol. The number of benzene rings is 6. The number of hydrogen-bond acceptors (Lipinski definition) is 13. The summed E-state index contributed by atoms with van der Waals surface area (Å²) in [5.41, 5.74) is -0.471. The van der Waals surface area contributed by atoms with Crippen LogP contribution in [0.1, 0.15) is 34.9 Å². The molecule has 14 nitrogen and oxygen atoms in total. The first kappa shape index (κ1) is 52.5. The second-order valence-electron chi connectivity index (χ2n) is 15.6. The molecular formula is C49H41Cl5N2O12P2S. The zero-order valence-corrected chi connectivity index (χ0v) is 43.9. The van der Waals surface area contributed by atoms with Gasteiger partial charge in [-0.15, -0.1) is 0 Å². The third-order valence-corrected chi connectivity index (χ3v) is 17.8. The lowest BCUT2D eigenvalue weighted by atomic mass is 9.80. The van der Waals surface area contributed by atoms with E-state index in [0.29, 0.717) is 28.2 Å². The van der Waals surface area contributed by atoms with Gasteiger partial charge in [-0.05, 0) is 72.1 Å². The maximum absolute atomic E-state index is 15.2. The Morgan fingerprint density at radius 3 is 1.62 bits per heavy atom. The number of rotatable bonds is 19. The van der Waals surface area contributed by atoms with Crippen LogP contribution in [-0.2, 0) is 40.3 Å². The van der Waals surface area contributed by atoms with Crippen LogP contribution in [0.25, 0.3) is 0 Å². The number of phosphoric acid groups is 1. The maximum Gasteiger partial charge on any atom is 0.595 e. The summed E-state index contributed by atoms with van der Waals surface area (Å²) in [5, 5.41) is -1.42.